The van der Waals surface area contributed by atoms with Gasteiger partial charge >= 0.3 is 0 Å². The van der Waals surface area contributed by atoms with Crippen molar-refractivity contribution in [2.45, 2.75) is 0 Å². The Kier molecular flexibility index (Phi) is 4.81. The van der Waals surface area contributed by atoms with Crippen LogP contribution in [-0.4, -0.2) is 28.0 Å². The number of hydrogen-bond donors (Lipinski definition) is 3. The average Bonchev–Trinajstić information content (AvgIpc) is 3.07. The molecule has 3 aromatic rings. The number of H-pyrrole nitrogens is 1. The molecule has 0 aliphatic rings. The summed E-state index contributed by atoms with van der Waals surface area (Å²) < 4.78 is 0. The standard InChI is InChI=1S/C16H15Cl2N5/c17-10-1-2-11(13(18)9-10)15-12(16-21-7-8-22-16)3-4-14(23-15)20-6-5-19/h1-4,7-9H,5-6,19H2,(H,20,23)(H,21,22). The minimum Gasteiger partial charge on any atom is -0.369 e. The van der Waals surface area contributed by atoms with Crippen LogP contribution in [0, 0.1) is 0 Å². The number of aromatic amines is 1. The van der Waals surface area contributed by atoms with Crippen molar-refractivity contribution in [1.82, 2.24) is 15.0 Å². The number of anilines is 1. The summed E-state index contributed by atoms with van der Waals surface area (Å²) in [4.78, 5) is 12.1. The van der Waals surface area contributed by atoms with Crippen molar-refractivity contribution < 1.29 is 0 Å². The first-order valence-corrected chi connectivity index (χ1v) is 7.85. The van der Waals surface area contributed by atoms with E-state index in [9.17, 15) is 0 Å². The van der Waals surface area contributed by atoms with Crippen LogP contribution < -0.4 is 11.1 Å². The van der Waals surface area contributed by atoms with Gasteiger partial charge in [-0.3, -0.25) is 0 Å². The van der Waals surface area contributed by atoms with Crippen LogP contribution in [0.2, 0.25) is 10.0 Å². The zero-order valence-electron chi connectivity index (χ0n) is 12.2. The zero-order chi connectivity index (χ0) is 16.2. The molecule has 0 aliphatic carbocycles. The maximum atomic E-state index is 6.36. The SMILES string of the molecule is NCCNc1ccc(-c2ncc[nH]2)c(-c2ccc(Cl)cc2Cl)n1. The number of halogens is 2. The van der Waals surface area contributed by atoms with Crippen LogP contribution in [0.15, 0.2) is 42.7 Å². The summed E-state index contributed by atoms with van der Waals surface area (Å²) in [5.41, 5.74) is 7.91. The molecule has 3 rings (SSSR count). The molecule has 0 saturated heterocycles. The van der Waals surface area contributed by atoms with Gasteiger partial charge in [0.1, 0.15) is 11.6 Å². The van der Waals surface area contributed by atoms with Crippen molar-refractivity contribution in [3.63, 3.8) is 0 Å². The van der Waals surface area contributed by atoms with E-state index in [2.05, 4.69) is 20.3 Å². The van der Waals surface area contributed by atoms with Crippen molar-refractivity contribution in [1.29, 1.82) is 0 Å². The van der Waals surface area contributed by atoms with Crippen LogP contribution in [0.5, 0.6) is 0 Å². The van der Waals surface area contributed by atoms with Crippen LogP contribution in [0.4, 0.5) is 5.82 Å². The Morgan fingerprint density at radius 2 is 1.96 bits per heavy atom. The average molecular weight is 348 g/mol. The quantitative estimate of drug-likeness (QED) is 0.655. The Balaban J connectivity index is 2.14. The third-order valence-electron chi connectivity index (χ3n) is 3.29. The van der Waals surface area contributed by atoms with Gasteiger partial charge in [0.2, 0.25) is 0 Å². The van der Waals surface area contributed by atoms with Crippen molar-refractivity contribution in [3.05, 3.63) is 52.8 Å². The fourth-order valence-corrected chi connectivity index (χ4v) is 2.75. The number of rotatable bonds is 5. The molecule has 0 aliphatic heterocycles. The third kappa shape index (κ3) is 3.47. The lowest BCUT2D eigenvalue weighted by atomic mass is 10.0. The Labute approximate surface area is 143 Å². The highest BCUT2D eigenvalue weighted by Gasteiger charge is 2.15. The van der Waals surface area contributed by atoms with Crippen LogP contribution in [-0.2, 0) is 0 Å². The van der Waals surface area contributed by atoms with Gasteiger partial charge in [0.05, 0.1) is 10.7 Å². The smallest absolute Gasteiger partial charge is 0.139 e. The molecule has 0 atom stereocenters. The highest BCUT2D eigenvalue weighted by Crippen LogP contribution is 2.35. The van der Waals surface area contributed by atoms with Crippen molar-refractivity contribution >= 4 is 29.0 Å². The predicted octanol–water partition coefficient (Wildman–Crippen LogP) is 3.82. The molecule has 0 radical (unpaired) electrons. The van der Waals surface area contributed by atoms with Gasteiger partial charge in [-0.05, 0) is 30.3 Å². The van der Waals surface area contributed by atoms with Gasteiger partial charge in [0, 0.05) is 41.6 Å². The lowest BCUT2D eigenvalue weighted by molar-refractivity contribution is 1.01. The second-order valence-electron chi connectivity index (χ2n) is 4.87. The van der Waals surface area contributed by atoms with E-state index < -0.39 is 0 Å². The maximum Gasteiger partial charge on any atom is 0.139 e. The summed E-state index contributed by atoms with van der Waals surface area (Å²) in [6, 6.07) is 9.18. The van der Waals surface area contributed by atoms with E-state index in [-0.39, 0.29) is 0 Å². The van der Waals surface area contributed by atoms with E-state index in [4.69, 9.17) is 28.9 Å². The maximum absolute atomic E-state index is 6.36. The number of hydrogen-bond acceptors (Lipinski definition) is 4. The minimum absolute atomic E-state index is 0.526. The van der Waals surface area contributed by atoms with E-state index >= 15 is 0 Å². The highest BCUT2D eigenvalue weighted by atomic mass is 35.5. The number of aromatic nitrogens is 3. The molecule has 0 bridgehead atoms. The molecule has 5 nitrogen and oxygen atoms in total. The fourth-order valence-electron chi connectivity index (χ4n) is 2.25. The number of benzene rings is 1. The van der Waals surface area contributed by atoms with Gasteiger partial charge in [-0.25, -0.2) is 9.97 Å². The summed E-state index contributed by atoms with van der Waals surface area (Å²) in [6.45, 7) is 1.17. The summed E-state index contributed by atoms with van der Waals surface area (Å²) >= 11 is 12.4. The van der Waals surface area contributed by atoms with E-state index in [1.54, 1.807) is 24.5 Å². The van der Waals surface area contributed by atoms with Gasteiger partial charge < -0.3 is 16.0 Å². The molecule has 0 amide bonds. The molecule has 2 aromatic heterocycles. The summed E-state index contributed by atoms with van der Waals surface area (Å²) in [5.74, 6) is 1.45. The second kappa shape index (κ2) is 7.00. The lowest BCUT2D eigenvalue weighted by Gasteiger charge is -2.12. The summed E-state index contributed by atoms with van der Waals surface area (Å²) in [6.07, 6.45) is 3.46. The molecule has 2 heterocycles. The number of imidazole rings is 1. The number of pyridine rings is 1. The van der Waals surface area contributed by atoms with E-state index in [1.807, 2.05) is 18.2 Å². The molecule has 0 spiro atoms. The molecule has 118 valence electrons. The number of nitrogens with zero attached hydrogens (tertiary/aromatic N) is 2. The molecule has 1 aromatic carbocycles. The van der Waals surface area contributed by atoms with Gasteiger partial charge in [0.15, 0.2) is 0 Å². The summed E-state index contributed by atoms with van der Waals surface area (Å²) in [5, 5.41) is 4.29. The molecule has 23 heavy (non-hydrogen) atoms. The van der Waals surface area contributed by atoms with Crippen LogP contribution in [0.25, 0.3) is 22.6 Å². The van der Waals surface area contributed by atoms with Gasteiger partial charge in [0.25, 0.3) is 0 Å². The third-order valence-corrected chi connectivity index (χ3v) is 3.83. The van der Waals surface area contributed by atoms with E-state index in [1.165, 1.54) is 0 Å². The molecule has 0 saturated carbocycles. The molecule has 0 unspecified atom stereocenters. The monoisotopic (exact) mass is 347 g/mol. The fraction of sp³-hybridized carbons (Fsp3) is 0.125. The second-order valence-corrected chi connectivity index (χ2v) is 5.71. The predicted molar refractivity (Wildman–Crippen MR) is 94.8 cm³/mol. The largest absolute Gasteiger partial charge is 0.369 e. The highest BCUT2D eigenvalue weighted by molar-refractivity contribution is 6.36. The Bertz CT molecular complexity index is 802. The number of nitrogens with two attached hydrogens (primary N) is 1. The van der Waals surface area contributed by atoms with Crippen molar-refractivity contribution in [2.75, 3.05) is 18.4 Å². The van der Waals surface area contributed by atoms with E-state index in [0.717, 1.165) is 28.5 Å². The van der Waals surface area contributed by atoms with Crippen LogP contribution in [0.3, 0.4) is 0 Å². The first-order valence-electron chi connectivity index (χ1n) is 7.09. The molecule has 7 heteroatoms. The Morgan fingerprint density at radius 3 is 2.65 bits per heavy atom. The normalized spacial score (nSPS) is 10.7. The lowest BCUT2D eigenvalue weighted by Crippen LogP contribution is -2.14. The first kappa shape index (κ1) is 15.8. The van der Waals surface area contributed by atoms with Crippen LogP contribution in [0.1, 0.15) is 0 Å². The van der Waals surface area contributed by atoms with E-state index in [0.29, 0.717) is 23.1 Å². The topological polar surface area (TPSA) is 79.6 Å². The molecule has 0 fully saturated rings. The summed E-state index contributed by atoms with van der Waals surface area (Å²) in [7, 11) is 0. The molecular weight excluding hydrogens is 333 g/mol. The minimum atomic E-state index is 0.526. The van der Waals surface area contributed by atoms with Gasteiger partial charge in [-0.15, -0.1) is 0 Å². The molecular formula is C16H15Cl2N5. The van der Waals surface area contributed by atoms with Gasteiger partial charge in [-0.1, -0.05) is 23.2 Å². The Hall–Kier alpha value is -2.08. The van der Waals surface area contributed by atoms with Crippen molar-refractivity contribution in [3.8, 4) is 22.6 Å². The van der Waals surface area contributed by atoms with Gasteiger partial charge in [-0.2, -0.15) is 0 Å². The molecule has 4 N–H and O–H groups in total. The van der Waals surface area contributed by atoms with Crippen molar-refractivity contribution in [2.24, 2.45) is 5.73 Å². The Morgan fingerprint density at radius 1 is 1.13 bits per heavy atom. The van der Waals surface area contributed by atoms with Crippen LogP contribution >= 0.6 is 23.2 Å². The first-order chi connectivity index (χ1) is 11.2. The zero-order valence-corrected chi connectivity index (χ0v) is 13.7. The number of nitrogens with one attached hydrogen (secondary N) is 2.